The molecule has 104 valence electrons. The lowest BCUT2D eigenvalue weighted by atomic mass is 10.1. The zero-order valence-electron chi connectivity index (χ0n) is 10.8. The van der Waals surface area contributed by atoms with Gasteiger partial charge < -0.3 is 10.0 Å². The van der Waals surface area contributed by atoms with Gasteiger partial charge in [-0.15, -0.1) is 0 Å². The number of aromatic hydroxyl groups is 1. The molecule has 0 saturated carbocycles. The van der Waals surface area contributed by atoms with Crippen molar-refractivity contribution in [2.24, 2.45) is 0 Å². The van der Waals surface area contributed by atoms with Crippen molar-refractivity contribution in [1.82, 2.24) is 0 Å². The second-order valence-corrected chi connectivity index (χ2v) is 4.19. The van der Waals surface area contributed by atoms with Gasteiger partial charge in [0.15, 0.2) is 0 Å². The first kappa shape index (κ1) is 14.0. The van der Waals surface area contributed by atoms with Crippen LogP contribution in [0.5, 0.6) is 5.75 Å². The number of benzene rings is 2. The number of hydrogen-bond acceptors (Lipinski definition) is 2. The van der Waals surface area contributed by atoms with Gasteiger partial charge in [-0.25, -0.2) is 8.78 Å². The molecule has 0 atom stereocenters. The number of phenols is 1. The molecule has 3 nitrogen and oxygen atoms in total. The lowest BCUT2D eigenvalue weighted by molar-refractivity contribution is 0.0984. The van der Waals surface area contributed by atoms with E-state index in [-0.39, 0.29) is 11.3 Å². The Hall–Kier alpha value is -2.43. The number of halogens is 2. The Bertz CT molecular complexity index is 626. The van der Waals surface area contributed by atoms with Crippen LogP contribution in [0.4, 0.5) is 14.5 Å². The quantitative estimate of drug-likeness (QED) is 0.934. The Labute approximate surface area is 115 Å². The van der Waals surface area contributed by atoms with Crippen LogP contribution in [-0.4, -0.2) is 17.6 Å². The van der Waals surface area contributed by atoms with E-state index in [1.807, 2.05) is 0 Å². The van der Waals surface area contributed by atoms with Gasteiger partial charge in [0.2, 0.25) is 0 Å². The Kier molecular flexibility index (Phi) is 3.98. The Morgan fingerprint density at radius 2 is 1.80 bits per heavy atom. The first-order valence-corrected chi connectivity index (χ1v) is 6.09. The van der Waals surface area contributed by atoms with Gasteiger partial charge in [0, 0.05) is 18.3 Å². The Morgan fingerprint density at radius 3 is 2.35 bits per heavy atom. The molecule has 2 rings (SSSR count). The van der Waals surface area contributed by atoms with Crippen molar-refractivity contribution in [3.63, 3.8) is 0 Å². The standard InChI is InChI=1S/C15H13F2NO2/c1-2-18(11-5-3-10(16)4-6-11)15(20)13-8-7-12(19)9-14(13)17/h3-9,19H,2H2,1H3. The Morgan fingerprint density at radius 1 is 1.15 bits per heavy atom. The molecule has 0 aromatic heterocycles. The second-order valence-electron chi connectivity index (χ2n) is 4.19. The largest absolute Gasteiger partial charge is 0.508 e. The summed E-state index contributed by atoms with van der Waals surface area (Å²) in [4.78, 5) is 13.6. The van der Waals surface area contributed by atoms with Crippen LogP contribution in [0.15, 0.2) is 42.5 Å². The minimum Gasteiger partial charge on any atom is -0.508 e. The third-order valence-electron chi connectivity index (χ3n) is 2.88. The minimum atomic E-state index is -0.796. The van der Waals surface area contributed by atoms with E-state index in [0.29, 0.717) is 12.2 Å². The molecule has 0 aliphatic rings. The average molecular weight is 277 g/mol. The highest BCUT2D eigenvalue weighted by Gasteiger charge is 2.19. The van der Waals surface area contributed by atoms with Gasteiger partial charge in [0.1, 0.15) is 17.4 Å². The number of hydrogen-bond donors (Lipinski definition) is 1. The highest BCUT2D eigenvalue weighted by Crippen LogP contribution is 2.21. The fraction of sp³-hybridized carbons (Fsp3) is 0.133. The van der Waals surface area contributed by atoms with Crippen LogP contribution in [0.2, 0.25) is 0 Å². The van der Waals surface area contributed by atoms with E-state index in [9.17, 15) is 13.6 Å². The first-order valence-electron chi connectivity index (χ1n) is 6.09. The highest BCUT2D eigenvalue weighted by atomic mass is 19.1. The zero-order valence-corrected chi connectivity index (χ0v) is 10.8. The predicted octanol–water partition coefficient (Wildman–Crippen LogP) is 3.34. The van der Waals surface area contributed by atoms with E-state index in [4.69, 9.17) is 5.11 Å². The summed E-state index contributed by atoms with van der Waals surface area (Å²) in [6.45, 7) is 2.05. The molecule has 2 aromatic rings. The van der Waals surface area contributed by atoms with Crippen LogP contribution in [0.3, 0.4) is 0 Å². The van der Waals surface area contributed by atoms with Crippen molar-refractivity contribution < 1.29 is 18.7 Å². The summed E-state index contributed by atoms with van der Waals surface area (Å²) < 4.78 is 26.6. The normalized spacial score (nSPS) is 10.3. The number of carbonyl (C=O) groups is 1. The van der Waals surface area contributed by atoms with Gasteiger partial charge >= 0.3 is 0 Å². The van der Waals surface area contributed by atoms with Crippen molar-refractivity contribution >= 4 is 11.6 Å². The molecule has 0 aliphatic carbocycles. The molecule has 5 heteroatoms. The number of carbonyl (C=O) groups excluding carboxylic acids is 1. The topological polar surface area (TPSA) is 40.5 Å². The van der Waals surface area contributed by atoms with E-state index in [0.717, 1.165) is 6.07 Å². The maximum absolute atomic E-state index is 13.7. The van der Waals surface area contributed by atoms with Gasteiger partial charge in [-0.1, -0.05) is 0 Å². The van der Waals surface area contributed by atoms with Crippen LogP contribution >= 0.6 is 0 Å². The molecule has 0 unspecified atom stereocenters. The molecule has 0 spiro atoms. The number of anilines is 1. The van der Waals surface area contributed by atoms with E-state index in [1.54, 1.807) is 6.92 Å². The lowest BCUT2D eigenvalue weighted by Gasteiger charge is -2.21. The van der Waals surface area contributed by atoms with Gasteiger partial charge in [0.25, 0.3) is 5.91 Å². The van der Waals surface area contributed by atoms with E-state index < -0.39 is 17.5 Å². The molecule has 0 fully saturated rings. The second kappa shape index (κ2) is 5.69. The van der Waals surface area contributed by atoms with Crippen LogP contribution < -0.4 is 4.90 Å². The van der Waals surface area contributed by atoms with E-state index >= 15 is 0 Å². The van der Waals surface area contributed by atoms with Crippen LogP contribution in [-0.2, 0) is 0 Å². The Balaban J connectivity index is 2.36. The molecule has 0 saturated heterocycles. The minimum absolute atomic E-state index is 0.144. The van der Waals surface area contributed by atoms with Gasteiger partial charge in [-0.2, -0.15) is 0 Å². The van der Waals surface area contributed by atoms with Gasteiger partial charge in [-0.3, -0.25) is 4.79 Å². The molecule has 20 heavy (non-hydrogen) atoms. The highest BCUT2D eigenvalue weighted by molar-refractivity contribution is 6.06. The van der Waals surface area contributed by atoms with E-state index in [1.165, 1.54) is 41.3 Å². The van der Waals surface area contributed by atoms with Crippen LogP contribution in [0.25, 0.3) is 0 Å². The summed E-state index contributed by atoms with van der Waals surface area (Å²) in [7, 11) is 0. The summed E-state index contributed by atoms with van der Waals surface area (Å²) >= 11 is 0. The fourth-order valence-corrected chi connectivity index (χ4v) is 1.89. The van der Waals surface area contributed by atoms with Crippen molar-refractivity contribution in [2.45, 2.75) is 6.92 Å². The monoisotopic (exact) mass is 277 g/mol. The maximum atomic E-state index is 13.7. The SMILES string of the molecule is CCN(C(=O)c1ccc(O)cc1F)c1ccc(F)cc1. The third kappa shape index (κ3) is 2.77. The first-order chi connectivity index (χ1) is 9.52. The number of rotatable bonds is 3. The van der Waals surface area contributed by atoms with Gasteiger partial charge in [0.05, 0.1) is 5.56 Å². The van der Waals surface area contributed by atoms with E-state index in [2.05, 4.69) is 0 Å². The fourth-order valence-electron chi connectivity index (χ4n) is 1.89. The molecule has 0 bridgehead atoms. The molecule has 0 aliphatic heterocycles. The summed E-state index contributed by atoms with van der Waals surface area (Å²) in [6.07, 6.45) is 0. The van der Waals surface area contributed by atoms with Crippen molar-refractivity contribution in [3.05, 3.63) is 59.7 Å². The molecular formula is C15H13F2NO2. The molecular weight excluding hydrogens is 264 g/mol. The third-order valence-corrected chi connectivity index (χ3v) is 2.88. The maximum Gasteiger partial charge on any atom is 0.261 e. The summed E-state index contributed by atoms with van der Waals surface area (Å²) in [5.41, 5.74) is 0.334. The van der Waals surface area contributed by atoms with Gasteiger partial charge in [-0.05, 0) is 43.3 Å². The number of phenolic OH excluding ortho intramolecular Hbond substituents is 1. The van der Waals surface area contributed by atoms with Crippen LogP contribution in [0.1, 0.15) is 17.3 Å². The molecule has 0 heterocycles. The molecule has 1 N–H and O–H groups in total. The average Bonchev–Trinajstić information content (AvgIpc) is 2.41. The summed E-state index contributed by atoms with van der Waals surface area (Å²) in [6, 6.07) is 8.72. The number of nitrogens with zero attached hydrogens (tertiary/aromatic N) is 1. The summed E-state index contributed by atoms with van der Waals surface area (Å²) in [5, 5.41) is 9.16. The molecule has 2 aromatic carbocycles. The molecule has 1 amide bonds. The van der Waals surface area contributed by atoms with Crippen molar-refractivity contribution in [1.29, 1.82) is 0 Å². The lowest BCUT2D eigenvalue weighted by Crippen LogP contribution is -2.31. The van der Waals surface area contributed by atoms with Crippen LogP contribution in [0, 0.1) is 11.6 Å². The summed E-state index contributed by atoms with van der Waals surface area (Å²) in [5.74, 6) is -2.00. The van der Waals surface area contributed by atoms with Crippen molar-refractivity contribution in [2.75, 3.05) is 11.4 Å². The molecule has 0 radical (unpaired) electrons. The number of amides is 1. The smallest absolute Gasteiger partial charge is 0.261 e. The zero-order chi connectivity index (χ0) is 14.7. The predicted molar refractivity (Wildman–Crippen MR) is 71.8 cm³/mol. The van der Waals surface area contributed by atoms with Crippen molar-refractivity contribution in [3.8, 4) is 5.75 Å².